The maximum absolute atomic E-state index is 9.57. The summed E-state index contributed by atoms with van der Waals surface area (Å²) in [5.74, 6) is 0. The van der Waals surface area contributed by atoms with Gasteiger partial charge in [-0.05, 0) is 32.9 Å². The first-order valence-electron chi connectivity index (χ1n) is 6.00. The third-order valence-electron chi connectivity index (χ3n) is 3.49. The molecule has 3 unspecified atom stereocenters. The summed E-state index contributed by atoms with van der Waals surface area (Å²) in [4.78, 5) is 2.51. The molecule has 88 valence electrons. The molecule has 0 aromatic carbocycles. The van der Waals surface area contributed by atoms with Gasteiger partial charge in [-0.2, -0.15) is 0 Å². The topological polar surface area (TPSA) is 44.7 Å². The van der Waals surface area contributed by atoms with E-state index in [9.17, 15) is 5.11 Å². The van der Waals surface area contributed by atoms with Gasteiger partial charge in [0.15, 0.2) is 0 Å². The maximum atomic E-state index is 9.57. The molecule has 2 rings (SSSR count). The fourth-order valence-electron chi connectivity index (χ4n) is 2.37. The summed E-state index contributed by atoms with van der Waals surface area (Å²) >= 11 is 0. The lowest BCUT2D eigenvalue weighted by Gasteiger charge is -2.26. The second-order valence-electron chi connectivity index (χ2n) is 4.71. The van der Waals surface area contributed by atoms with Crippen LogP contribution >= 0.6 is 0 Å². The fourth-order valence-corrected chi connectivity index (χ4v) is 2.37. The van der Waals surface area contributed by atoms with E-state index >= 15 is 0 Å². The van der Waals surface area contributed by atoms with Crippen molar-refractivity contribution in [2.45, 2.75) is 38.0 Å². The van der Waals surface area contributed by atoms with E-state index in [1.165, 1.54) is 25.9 Å². The van der Waals surface area contributed by atoms with Gasteiger partial charge in [-0.1, -0.05) is 0 Å². The molecule has 0 radical (unpaired) electrons. The molecule has 4 nitrogen and oxygen atoms in total. The van der Waals surface area contributed by atoms with Crippen LogP contribution in [0.2, 0.25) is 0 Å². The SMILES string of the molecule is CC(CNC1COCC1O)N1CCCC1. The molecule has 0 aliphatic carbocycles. The molecule has 2 fully saturated rings. The largest absolute Gasteiger partial charge is 0.389 e. The van der Waals surface area contributed by atoms with E-state index in [-0.39, 0.29) is 12.1 Å². The molecule has 0 aromatic heterocycles. The Bertz CT molecular complexity index is 195. The molecule has 2 aliphatic rings. The second kappa shape index (κ2) is 5.25. The van der Waals surface area contributed by atoms with Crippen molar-refractivity contribution in [1.82, 2.24) is 10.2 Å². The summed E-state index contributed by atoms with van der Waals surface area (Å²) < 4.78 is 5.20. The molecule has 2 heterocycles. The highest BCUT2D eigenvalue weighted by Gasteiger charge is 2.26. The van der Waals surface area contributed by atoms with Crippen LogP contribution in [0.1, 0.15) is 19.8 Å². The highest BCUT2D eigenvalue weighted by atomic mass is 16.5. The molecule has 0 amide bonds. The lowest BCUT2D eigenvalue weighted by Crippen LogP contribution is -2.46. The molecule has 4 heteroatoms. The van der Waals surface area contributed by atoms with Crippen LogP contribution in [0, 0.1) is 0 Å². The Morgan fingerprint density at radius 1 is 1.40 bits per heavy atom. The van der Waals surface area contributed by atoms with E-state index in [4.69, 9.17) is 4.74 Å². The van der Waals surface area contributed by atoms with Crippen molar-refractivity contribution in [2.75, 3.05) is 32.8 Å². The number of aliphatic hydroxyl groups is 1. The van der Waals surface area contributed by atoms with Crippen LogP contribution in [-0.4, -0.2) is 61.0 Å². The summed E-state index contributed by atoms with van der Waals surface area (Å²) in [6.07, 6.45) is 2.34. The summed E-state index contributed by atoms with van der Waals surface area (Å²) in [6.45, 7) is 6.79. The van der Waals surface area contributed by atoms with E-state index in [0.717, 1.165) is 6.54 Å². The third-order valence-corrected chi connectivity index (χ3v) is 3.49. The number of rotatable bonds is 4. The number of hydrogen-bond acceptors (Lipinski definition) is 4. The molecular weight excluding hydrogens is 192 g/mol. The molecule has 0 aromatic rings. The fraction of sp³-hybridized carbons (Fsp3) is 1.00. The number of likely N-dealkylation sites (tertiary alicyclic amines) is 1. The van der Waals surface area contributed by atoms with Crippen LogP contribution in [0.3, 0.4) is 0 Å². The predicted molar refractivity (Wildman–Crippen MR) is 58.9 cm³/mol. The Balaban J connectivity index is 1.67. The van der Waals surface area contributed by atoms with Crippen LogP contribution in [0.4, 0.5) is 0 Å². The smallest absolute Gasteiger partial charge is 0.0948 e. The van der Waals surface area contributed by atoms with Crippen molar-refractivity contribution >= 4 is 0 Å². The van der Waals surface area contributed by atoms with Crippen molar-refractivity contribution in [3.05, 3.63) is 0 Å². The summed E-state index contributed by atoms with van der Waals surface area (Å²) in [5.41, 5.74) is 0. The first-order valence-corrected chi connectivity index (χ1v) is 6.00. The van der Waals surface area contributed by atoms with Gasteiger partial charge in [0.2, 0.25) is 0 Å². The zero-order chi connectivity index (χ0) is 10.7. The minimum atomic E-state index is -0.323. The van der Waals surface area contributed by atoms with Gasteiger partial charge >= 0.3 is 0 Å². The van der Waals surface area contributed by atoms with E-state index in [1.54, 1.807) is 0 Å². The van der Waals surface area contributed by atoms with Gasteiger partial charge in [0.1, 0.15) is 0 Å². The predicted octanol–water partition coefficient (Wildman–Crippen LogP) is -0.180. The Kier molecular flexibility index (Phi) is 3.97. The van der Waals surface area contributed by atoms with Crippen LogP contribution in [-0.2, 0) is 4.74 Å². The highest BCUT2D eigenvalue weighted by molar-refractivity contribution is 4.83. The molecule has 0 saturated carbocycles. The first kappa shape index (κ1) is 11.3. The number of nitrogens with one attached hydrogen (secondary N) is 1. The maximum Gasteiger partial charge on any atom is 0.0948 e. The molecule has 0 spiro atoms. The van der Waals surface area contributed by atoms with E-state index in [1.807, 2.05) is 0 Å². The Morgan fingerprint density at radius 2 is 2.13 bits per heavy atom. The molecule has 0 bridgehead atoms. The van der Waals surface area contributed by atoms with Crippen molar-refractivity contribution < 1.29 is 9.84 Å². The molecular formula is C11H22N2O2. The number of ether oxygens (including phenoxy) is 1. The summed E-state index contributed by atoms with van der Waals surface area (Å²) in [6, 6.07) is 0.704. The standard InChI is InChI=1S/C11H22N2O2/c1-9(13-4-2-3-5-13)6-12-10-7-15-8-11(10)14/h9-12,14H,2-8H2,1H3. The van der Waals surface area contributed by atoms with Crippen molar-refractivity contribution in [1.29, 1.82) is 0 Å². The molecule has 2 saturated heterocycles. The van der Waals surface area contributed by atoms with E-state index < -0.39 is 0 Å². The monoisotopic (exact) mass is 214 g/mol. The minimum absolute atomic E-state index is 0.134. The number of aliphatic hydroxyl groups excluding tert-OH is 1. The van der Waals surface area contributed by atoms with Gasteiger partial charge in [-0.3, -0.25) is 4.90 Å². The summed E-state index contributed by atoms with van der Waals surface area (Å²) in [5, 5.41) is 13.0. The Hall–Kier alpha value is -0.160. The third kappa shape index (κ3) is 2.91. The number of nitrogens with zero attached hydrogens (tertiary/aromatic N) is 1. The highest BCUT2D eigenvalue weighted by Crippen LogP contribution is 2.11. The lowest BCUT2D eigenvalue weighted by atomic mass is 10.2. The molecule has 2 N–H and O–H groups in total. The second-order valence-corrected chi connectivity index (χ2v) is 4.71. The van der Waals surface area contributed by atoms with Crippen LogP contribution < -0.4 is 5.32 Å². The molecule has 15 heavy (non-hydrogen) atoms. The van der Waals surface area contributed by atoms with E-state index in [2.05, 4.69) is 17.1 Å². The average molecular weight is 214 g/mol. The van der Waals surface area contributed by atoms with Crippen LogP contribution in [0.5, 0.6) is 0 Å². The first-order chi connectivity index (χ1) is 7.27. The summed E-state index contributed by atoms with van der Waals surface area (Å²) in [7, 11) is 0. The molecule has 2 aliphatic heterocycles. The van der Waals surface area contributed by atoms with Crippen molar-refractivity contribution in [3.8, 4) is 0 Å². The average Bonchev–Trinajstić information content (AvgIpc) is 2.85. The zero-order valence-corrected chi connectivity index (χ0v) is 9.48. The van der Waals surface area contributed by atoms with Gasteiger partial charge in [0.05, 0.1) is 25.4 Å². The van der Waals surface area contributed by atoms with Gasteiger partial charge < -0.3 is 15.2 Å². The lowest BCUT2D eigenvalue weighted by molar-refractivity contribution is 0.121. The molecule has 3 atom stereocenters. The van der Waals surface area contributed by atoms with Crippen LogP contribution in [0.15, 0.2) is 0 Å². The van der Waals surface area contributed by atoms with Gasteiger partial charge in [0.25, 0.3) is 0 Å². The number of hydrogen-bond donors (Lipinski definition) is 2. The van der Waals surface area contributed by atoms with Gasteiger partial charge in [-0.15, -0.1) is 0 Å². The Labute approximate surface area is 91.6 Å². The zero-order valence-electron chi connectivity index (χ0n) is 9.48. The normalized spacial score (nSPS) is 34.8. The Morgan fingerprint density at radius 3 is 2.73 bits per heavy atom. The van der Waals surface area contributed by atoms with Crippen LogP contribution in [0.25, 0.3) is 0 Å². The van der Waals surface area contributed by atoms with Gasteiger partial charge in [-0.25, -0.2) is 0 Å². The quantitative estimate of drug-likeness (QED) is 0.681. The van der Waals surface area contributed by atoms with Crippen molar-refractivity contribution in [3.63, 3.8) is 0 Å². The van der Waals surface area contributed by atoms with Crippen molar-refractivity contribution in [2.24, 2.45) is 0 Å². The minimum Gasteiger partial charge on any atom is -0.389 e. The van der Waals surface area contributed by atoms with E-state index in [0.29, 0.717) is 19.3 Å². The van der Waals surface area contributed by atoms with Gasteiger partial charge in [0, 0.05) is 12.6 Å².